The normalized spacial score (nSPS) is 11.8. The molecule has 0 saturated heterocycles. The van der Waals surface area contributed by atoms with Crippen molar-refractivity contribution in [2.24, 2.45) is 0 Å². The number of hydrogen-bond acceptors (Lipinski definition) is 5. The van der Waals surface area contributed by atoms with Gasteiger partial charge in [0.25, 0.3) is 0 Å². The van der Waals surface area contributed by atoms with Crippen molar-refractivity contribution in [1.82, 2.24) is 5.48 Å². The molecule has 0 aliphatic carbocycles. The molecular formula is C13H13Cl2F4KN2O3S. The minimum absolute atomic E-state index is 0. The topological polar surface area (TPSA) is 64.6 Å². The zero-order valence-electron chi connectivity index (χ0n) is 14.1. The number of nitrogens with one attached hydrogen (secondary N) is 1. The molecule has 1 rings (SSSR count). The molecule has 0 aliphatic rings. The van der Waals surface area contributed by atoms with Crippen molar-refractivity contribution in [2.75, 3.05) is 11.4 Å². The van der Waals surface area contributed by atoms with E-state index in [2.05, 4.69) is 0 Å². The van der Waals surface area contributed by atoms with Crippen molar-refractivity contribution in [1.29, 1.82) is 0 Å². The van der Waals surface area contributed by atoms with Crippen LogP contribution in [0.5, 0.6) is 5.75 Å². The Balaban J connectivity index is 0.00000625. The maximum atomic E-state index is 13.5. The number of benzene rings is 1. The van der Waals surface area contributed by atoms with E-state index in [-0.39, 0.29) is 63.1 Å². The molecular weight excluding hydrogens is 450 g/mol. The third kappa shape index (κ3) is 7.17. The van der Waals surface area contributed by atoms with Crippen LogP contribution in [0.1, 0.15) is 35.7 Å². The summed E-state index contributed by atoms with van der Waals surface area (Å²) in [5.74, 6) is -1.96. The molecule has 0 fully saturated rings. The van der Waals surface area contributed by atoms with Crippen LogP contribution in [-0.2, 0) is 0 Å². The third-order valence-electron chi connectivity index (χ3n) is 2.95. The molecule has 5 nitrogen and oxygen atoms in total. The molecule has 0 aromatic heterocycles. The number of carbonyl (C=O) groups is 1. The van der Waals surface area contributed by atoms with Gasteiger partial charge in [-0.15, -0.1) is 13.2 Å². The fourth-order valence-corrected chi connectivity index (χ4v) is 2.86. The first-order chi connectivity index (χ1) is 11.3. The molecule has 0 bridgehead atoms. The summed E-state index contributed by atoms with van der Waals surface area (Å²) in [5, 5.41) is 10.7. The summed E-state index contributed by atoms with van der Waals surface area (Å²) >= 11 is 9.48. The number of carbonyl (C=O) groups excluding carboxylic acids is 1. The van der Waals surface area contributed by atoms with E-state index in [1.807, 2.05) is 0 Å². The summed E-state index contributed by atoms with van der Waals surface area (Å²) < 4.78 is 54.8. The Hall–Kier alpha value is 0.536. The van der Waals surface area contributed by atoms with Crippen molar-refractivity contribution >= 4 is 46.7 Å². The van der Waals surface area contributed by atoms with Gasteiger partial charge in [-0.2, -0.15) is 4.39 Å². The van der Waals surface area contributed by atoms with Gasteiger partial charge >= 0.3 is 61.6 Å². The van der Waals surface area contributed by atoms with Crippen LogP contribution in [0.3, 0.4) is 0 Å². The molecule has 13 heteroatoms. The molecule has 1 aromatic rings. The van der Waals surface area contributed by atoms with Crippen LogP contribution in [0.25, 0.3) is 0 Å². The van der Waals surface area contributed by atoms with E-state index < -0.39 is 43.6 Å². The Labute approximate surface area is 204 Å². The van der Waals surface area contributed by atoms with E-state index in [0.29, 0.717) is 5.56 Å². The molecule has 0 radical (unpaired) electrons. The number of methoxy groups -OCH3 is 1. The van der Waals surface area contributed by atoms with Gasteiger partial charge in [-0.3, -0.25) is 4.79 Å². The molecule has 1 N–H and O–H groups in total. The van der Waals surface area contributed by atoms with Crippen LogP contribution in [0.15, 0.2) is 12.1 Å². The number of anilines is 1. The van der Waals surface area contributed by atoms with Crippen molar-refractivity contribution in [2.45, 2.75) is 30.0 Å². The Bertz CT molecular complexity index is 645. The van der Waals surface area contributed by atoms with Crippen LogP contribution in [0.2, 0.25) is 0 Å². The average molecular weight is 463 g/mol. The van der Waals surface area contributed by atoms with Crippen LogP contribution in [-0.4, -0.2) is 23.2 Å². The van der Waals surface area contributed by atoms with E-state index in [1.165, 1.54) is 6.07 Å². The van der Waals surface area contributed by atoms with Gasteiger partial charge < -0.3 is 15.4 Å². The first-order valence-corrected chi connectivity index (χ1v) is 8.12. The number of hydroxylamine groups is 1. The van der Waals surface area contributed by atoms with E-state index >= 15 is 0 Å². The fourth-order valence-electron chi connectivity index (χ4n) is 1.90. The molecule has 1 amide bonds. The van der Waals surface area contributed by atoms with Gasteiger partial charge in [-0.05, 0) is 23.6 Å². The Morgan fingerprint density at radius 3 is 2.19 bits per heavy atom. The van der Waals surface area contributed by atoms with Gasteiger partial charge in [0.2, 0.25) is 5.91 Å². The van der Waals surface area contributed by atoms with Crippen molar-refractivity contribution in [3.63, 3.8) is 0 Å². The van der Waals surface area contributed by atoms with Gasteiger partial charge in [-0.25, -0.2) is 4.31 Å². The first-order valence-electron chi connectivity index (χ1n) is 6.59. The first kappa shape index (κ1) is 26.5. The number of alkyl halides is 6. The molecule has 0 spiro atoms. The fraction of sp³-hybridized carbons (Fsp3) is 0.462. The minimum Gasteiger partial charge on any atom is -0.759 e. The summed E-state index contributed by atoms with van der Waals surface area (Å²) in [6.45, 7) is 3.36. The van der Waals surface area contributed by atoms with Gasteiger partial charge in [0, 0.05) is 11.9 Å². The zero-order valence-corrected chi connectivity index (χ0v) is 19.5. The molecule has 0 unspecified atom stereocenters. The van der Waals surface area contributed by atoms with Crippen LogP contribution >= 0.6 is 35.1 Å². The molecule has 0 atom stereocenters. The zero-order chi connectivity index (χ0) is 19.6. The van der Waals surface area contributed by atoms with Crippen LogP contribution < -0.4 is 65.9 Å². The van der Waals surface area contributed by atoms with Crippen LogP contribution in [0.4, 0.5) is 23.2 Å². The monoisotopic (exact) mass is 462 g/mol. The quantitative estimate of drug-likeness (QED) is 0.175. The second-order valence-corrected chi connectivity index (χ2v) is 7.80. The van der Waals surface area contributed by atoms with E-state index in [0.717, 1.165) is 18.7 Å². The predicted molar refractivity (Wildman–Crippen MR) is 89.6 cm³/mol. The number of halogens is 6. The Morgan fingerprint density at radius 2 is 1.85 bits per heavy atom. The molecule has 0 saturated carbocycles. The smallest absolute Gasteiger partial charge is 0.759 e. The molecule has 0 aliphatic heterocycles. The minimum atomic E-state index is -5.18. The van der Waals surface area contributed by atoms with Crippen molar-refractivity contribution in [3.05, 3.63) is 28.5 Å². The summed E-state index contributed by atoms with van der Waals surface area (Å²) in [6, 6.07) is 2.29. The second-order valence-electron chi connectivity index (χ2n) is 5.00. The number of rotatable bonds is 6. The number of hydrogen-bond donors (Lipinski definition) is 1. The summed E-state index contributed by atoms with van der Waals surface area (Å²) in [7, 11) is 1.11. The van der Waals surface area contributed by atoms with Crippen molar-refractivity contribution in [3.8, 4) is 5.75 Å². The SMILES string of the molecule is COc1cc(C(C)C)cc(N(SC(F)(Cl)Cl)C(F)(F)F)c1C(=O)N[O-].[K+]. The standard InChI is InChI=1S/C13H13Cl2F4N2O3S.K/c1-6(2)7-4-8(10(11(22)20-23)9(5-7)24-3)21(13(17,18)19)25-12(14,15)16;/h4-6H,1-3H3,(H-,20,22,23);/q-1;+1. The average Bonchev–Trinajstić information content (AvgIpc) is 2.48. The second kappa shape index (κ2) is 10.4. The van der Waals surface area contributed by atoms with Gasteiger partial charge in [0.1, 0.15) is 11.3 Å². The number of ether oxygens (including phenoxy) is 1. The molecule has 1 aromatic carbocycles. The van der Waals surface area contributed by atoms with E-state index in [9.17, 15) is 27.6 Å². The van der Waals surface area contributed by atoms with Gasteiger partial charge in [-0.1, -0.05) is 37.0 Å². The van der Waals surface area contributed by atoms with Gasteiger partial charge in [0.05, 0.1) is 12.8 Å². The largest absolute Gasteiger partial charge is 1.00 e. The van der Waals surface area contributed by atoms with Crippen molar-refractivity contribution < 1.29 is 78.5 Å². The Morgan fingerprint density at radius 1 is 1.31 bits per heavy atom. The van der Waals surface area contributed by atoms with Gasteiger partial charge in [0.15, 0.2) is 0 Å². The third-order valence-corrected chi connectivity index (χ3v) is 4.16. The summed E-state index contributed by atoms with van der Waals surface area (Å²) in [5.41, 5.74) is -0.241. The van der Waals surface area contributed by atoms with Crippen LogP contribution in [0, 0.1) is 5.21 Å². The Kier molecular flexibility index (Phi) is 10.6. The van der Waals surface area contributed by atoms with E-state index in [4.69, 9.17) is 27.9 Å². The number of nitrogens with zero attached hydrogens (tertiary/aromatic N) is 1. The maximum Gasteiger partial charge on any atom is 1.00 e. The summed E-state index contributed by atoms with van der Waals surface area (Å²) in [4.78, 5) is 11.8. The maximum absolute atomic E-state index is 13.5. The summed E-state index contributed by atoms with van der Waals surface area (Å²) in [6.07, 6.45) is -5.18. The number of amides is 1. The molecule has 26 heavy (non-hydrogen) atoms. The predicted octanol–water partition coefficient (Wildman–Crippen LogP) is 2.08. The molecule has 142 valence electrons. The molecule has 0 heterocycles. The van der Waals surface area contributed by atoms with E-state index in [1.54, 1.807) is 13.8 Å².